The maximum atomic E-state index is 11.8. The number of imidazole rings is 1. The Morgan fingerprint density at radius 2 is 1.94 bits per heavy atom. The zero-order valence-corrected chi connectivity index (χ0v) is 20.6. The summed E-state index contributed by atoms with van der Waals surface area (Å²) in [6.07, 6.45) is 3.85. The maximum Gasteiger partial charge on any atom is 0.221 e. The molecule has 12 heteroatoms. The number of rotatable bonds is 7. The normalized spacial score (nSPS) is 16.5. The summed E-state index contributed by atoms with van der Waals surface area (Å²) in [6.45, 7) is 4.76. The fraction of sp³-hybridized carbons (Fsp3) is 0.391. The van der Waals surface area contributed by atoms with Gasteiger partial charge in [-0.05, 0) is 44.2 Å². The number of aryl methyl sites for hydroxylation is 1. The third-order valence-corrected chi connectivity index (χ3v) is 7.43. The van der Waals surface area contributed by atoms with Crippen LogP contribution in [-0.2, 0) is 10.0 Å². The van der Waals surface area contributed by atoms with Crippen molar-refractivity contribution < 1.29 is 13.2 Å². The minimum atomic E-state index is -3.18. The number of sulfonamides is 1. The summed E-state index contributed by atoms with van der Waals surface area (Å²) in [7, 11) is -3.18. The highest BCUT2D eigenvalue weighted by atomic mass is 32.2. The van der Waals surface area contributed by atoms with Gasteiger partial charge in [0, 0.05) is 18.5 Å². The number of ether oxygens (including phenoxy) is 1. The monoisotopic (exact) mass is 496 g/mol. The van der Waals surface area contributed by atoms with E-state index < -0.39 is 10.0 Å². The molecule has 0 radical (unpaired) electrons. The van der Waals surface area contributed by atoms with E-state index in [0.29, 0.717) is 43.3 Å². The molecule has 4 aromatic rings. The first-order valence-electron chi connectivity index (χ1n) is 11.5. The molecule has 0 spiro atoms. The molecule has 0 saturated carbocycles. The number of anilines is 1. The van der Waals surface area contributed by atoms with Crippen LogP contribution in [0.2, 0.25) is 0 Å². The molecule has 1 saturated heterocycles. The molecule has 1 aromatic carbocycles. The highest BCUT2D eigenvalue weighted by Gasteiger charge is 2.27. The van der Waals surface area contributed by atoms with E-state index in [0.717, 1.165) is 27.8 Å². The van der Waals surface area contributed by atoms with Crippen LogP contribution in [0, 0.1) is 6.92 Å². The van der Waals surface area contributed by atoms with E-state index in [9.17, 15) is 8.42 Å². The number of nitrogens with one attached hydrogen (secondary N) is 3. The van der Waals surface area contributed by atoms with Crippen molar-refractivity contribution in [2.75, 3.05) is 24.8 Å². The molecule has 1 fully saturated rings. The molecule has 4 heterocycles. The Hall–Kier alpha value is -3.35. The average molecular weight is 497 g/mol. The number of fused-ring (bicyclic) bond motifs is 2. The minimum Gasteiger partial charge on any atom is -0.474 e. The molecule has 5 rings (SSSR count). The molecular formula is C23H28N8O3S. The van der Waals surface area contributed by atoms with E-state index in [2.05, 4.69) is 30.8 Å². The van der Waals surface area contributed by atoms with Crippen molar-refractivity contribution in [1.82, 2.24) is 34.7 Å². The predicted molar refractivity (Wildman–Crippen MR) is 133 cm³/mol. The summed E-state index contributed by atoms with van der Waals surface area (Å²) in [5.41, 5.74) is 8.52. The van der Waals surface area contributed by atoms with E-state index in [1.807, 2.05) is 44.2 Å². The van der Waals surface area contributed by atoms with Crippen molar-refractivity contribution >= 4 is 37.8 Å². The van der Waals surface area contributed by atoms with E-state index in [1.165, 1.54) is 16.9 Å². The van der Waals surface area contributed by atoms with Gasteiger partial charge >= 0.3 is 0 Å². The summed E-state index contributed by atoms with van der Waals surface area (Å²) in [6, 6.07) is 9.81. The van der Waals surface area contributed by atoms with Crippen LogP contribution >= 0.6 is 0 Å². The molecule has 0 amide bonds. The lowest BCUT2D eigenvalue weighted by atomic mass is 10.1. The van der Waals surface area contributed by atoms with Gasteiger partial charge < -0.3 is 15.1 Å². The molecule has 3 aromatic heterocycles. The second-order valence-corrected chi connectivity index (χ2v) is 10.8. The van der Waals surface area contributed by atoms with Crippen molar-refractivity contribution in [1.29, 1.82) is 0 Å². The van der Waals surface area contributed by atoms with Crippen molar-refractivity contribution in [3.63, 3.8) is 0 Å². The average Bonchev–Trinajstić information content (AvgIpc) is 3.23. The smallest absolute Gasteiger partial charge is 0.221 e. The van der Waals surface area contributed by atoms with Crippen LogP contribution in [0.15, 0.2) is 36.7 Å². The van der Waals surface area contributed by atoms with Crippen molar-refractivity contribution in [3.8, 4) is 5.88 Å². The maximum absolute atomic E-state index is 11.8. The number of piperidine rings is 1. The van der Waals surface area contributed by atoms with Crippen molar-refractivity contribution in [3.05, 3.63) is 48.2 Å². The van der Waals surface area contributed by atoms with Crippen molar-refractivity contribution in [2.24, 2.45) is 0 Å². The van der Waals surface area contributed by atoms with E-state index >= 15 is 0 Å². The Kier molecular flexibility index (Phi) is 6.26. The van der Waals surface area contributed by atoms with Gasteiger partial charge in [-0.15, -0.1) is 0 Å². The first-order chi connectivity index (χ1) is 16.8. The number of pyridine rings is 1. The summed E-state index contributed by atoms with van der Waals surface area (Å²) in [5.74, 6) is 1.91. The summed E-state index contributed by atoms with van der Waals surface area (Å²) in [4.78, 5) is 20.8. The van der Waals surface area contributed by atoms with Crippen LogP contribution in [0.4, 0.5) is 5.82 Å². The second kappa shape index (κ2) is 9.36. The molecule has 0 aliphatic carbocycles. The number of H-pyrrole nitrogens is 1. The summed E-state index contributed by atoms with van der Waals surface area (Å²) >= 11 is 0. The lowest BCUT2D eigenvalue weighted by molar-refractivity contribution is 0.131. The third kappa shape index (κ3) is 5.04. The van der Waals surface area contributed by atoms with Gasteiger partial charge in [-0.25, -0.2) is 38.1 Å². The number of aromatic nitrogens is 5. The molecule has 35 heavy (non-hydrogen) atoms. The van der Waals surface area contributed by atoms with Gasteiger partial charge in [0.05, 0.1) is 18.0 Å². The van der Waals surface area contributed by atoms with E-state index in [4.69, 9.17) is 9.72 Å². The molecule has 1 atom stereocenters. The quantitative estimate of drug-likeness (QED) is 0.330. The van der Waals surface area contributed by atoms with Gasteiger partial charge in [-0.3, -0.25) is 0 Å². The van der Waals surface area contributed by atoms with Crippen LogP contribution in [0.25, 0.3) is 21.9 Å². The van der Waals surface area contributed by atoms with Crippen LogP contribution in [0.3, 0.4) is 0 Å². The number of hydrazine groups is 1. The summed E-state index contributed by atoms with van der Waals surface area (Å²) in [5, 5.41) is 1.94. The van der Waals surface area contributed by atoms with Gasteiger partial charge in [-0.2, -0.15) is 0 Å². The molecule has 3 N–H and O–H groups in total. The first-order valence-corrected chi connectivity index (χ1v) is 13.3. The van der Waals surface area contributed by atoms with Crippen LogP contribution in [0.5, 0.6) is 5.88 Å². The highest BCUT2D eigenvalue weighted by Crippen LogP contribution is 2.29. The lowest BCUT2D eigenvalue weighted by Gasteiger charge is -2.30. The van der Waals surface area contributed by atoms with Gasteiger partial charge in [-0.1, -0.05) is 18.2 Å². The number of hydrogen-bond donors (Lipinski definition) is 3. The Balaban J connectivity index is 1.35. The van der Waals surface area contributed by atoms with Crippen molar-refractivity contribution in [2.45, 2.75) is 38.8 Å². The van der Waals surface area contributed by atoms with Crippen LogP contribution in [0.1, 0.15) is 37.3 Å². The number of nitrogens with zero attached hydrogens (tertiary/aromatic N) is 5. The number of benzene rings is 1. The molecule has 1 unspecified atom stereocenters. The minimum absolute atomic E-state index is 0.0986. The Morgan fingerprint density at radius 3 is 2.71 bits per heavy atom. The molecule has 1 aliphatic heterocycles. The predicted octanol–water partition coefficient (Wildman–Crippen LogP) is 2.69. The topological polar surface area (TPSA) is 138 Å². The van der Waals surface area contributed by atoms with Crippen LogP contribution in [-0.4, -0.2) is 63.1 Å². The third-order valence-electron chi connectivity index (χ3n) is 6.13. The zero-order valence-electron chi connectivity index (χ0n) is 19.8. The standard InChI is InChI=1S/C23H28N8O3S/c1-14(29-30-22-20-21(24-13-25-22)27-15(2)26-20)19-12-16-6-4-5-7-18(16)23(28-19)34-17-8-10-31(11-9-17)35(3,32)33/h4-7,12-14,17,29H,8-11H2,1-3H3,(H2,24,25,26,27,30). The Bertz CT molecular complexity index is 1460. The highest BCUT2D eigenvalue weighted by molar-refractivity contribution is 7.88. The number of aromatic amines is 1. The van der Waals surface area contributed by atoms with Crippen LogP contribution < -0.4 is 15.6 Å². The molecule has 184 valence electrons. The fourth-order valence-electron chi connectivity index (χ4n) is 4.23. The van der Waals surface area contributed by atoms with Gasteiger partial charge in [0.1, 0.15) is 23.8 Å². The second-order valence-electron chi connectivity index (χ2n) is 8.79. The van der Waals surface area contributed by atoms with Gasteiger partial charge in [0.25, 0.3) is 0 Å². The van der Waals surface area contributed by atoms with E-state index in [1.54, 1.807) is 0 Å². The SMILES string of the molecule is Cc1nc2ncnc(NNC(C)c3cc4ccccc4c(OC4CCN(S(C)(=O)=O)CC4)n3)c2[nH]1. The fourth-order valence-corrected chi connectivity index (χ4v) is 5.10. The molecule has 0 bridgehead atoms. The van der Waals surface area contributed by atoms with Gasteiger partial charge in [0.15, 0.2) is 11.5 Å². The lowest BCUT2D eigenvalue weighted by Crippen LogP contribution is -2.41. The molecule has 1 aliphatic rings. The molecular weight excluding hydrogens is 468 g/mol. The number of hydrogen-bond acceptors (Lipinski definition) is 9. The Labute approximate surface area is 203 Å². The Morgan fingerprint density at radius 1 is 1.17 bits per heavy atom. The largest absolute Gasteiger partial charge is 0.474 e. The first kappa shape index (κ1) is 23.4. The molecule has 11 nitrogen and oxygen atoms in total. The summed E-state index contributed by atoms with van der Waals surface area (Å²) < 4.78 is 31.5. The van der Waals surface area contributed by atoms with Gasteiger partial charge in [0.2, 0.25) is 15.9 Å². The van der Waals surface area contributed by atoms with E-state index in [-0.39, 0.29) is 12.1 Å². The zero-order chi connectivity index (χ0) is 24.6.